The fourth-order valence-corrected chi connectivity index (χ4v) is 4.67. The number of thiazole rings is 1. The molecule has 0 aliphatic carbocycles. The summed E-state index contributed by atoms with van der Waals surface area (Å²) in [4.78, 5) is 20.6. The van der Waals surface area contributed by atoms with Gasteiger partial charge in [-0.25, -0.2) is 13.4 Å². The zero-order chi connectivity index (χ0) is 20.8. The Hall–Kier alpha value is -2.68. The summed E-state index contributed by atoms with van der Waals surface area (Å²) in [6, 6.07) is 12.0. The van der Waals surface area contributed by atoms with Crippen LogP contribution >= 0.6 is 22.9 Å². The number of carbonyl (C=O) groups excluding carboxylic acids is 1. The first-order valence-corrected chi connectivity index (χ1v) is 11.7. The van der Waals surface area contributed by atoms with E-state index in [1.165, 1.54) is 29.5 Å². The molecule has 0 unspecified atom stereocenters. The molecule has 4 aromatic rings. The zero-order valence-corrected chi connectivity index (χ0v) is 17.9. The first-order valence-electron chi connectivity index (χ1n) is 8.58. The van der Waals surface area contributed by atoms with Crippen LogP contribution in [0.3, 0.4) is 0 Å². The van der Waals surface area contributed by atoms with Gasteiger partial charge in [-0.05, 0) is 31.2 Å². The van der Waals surface area contributed by atoms with Crippen LogP contribution in [0.1, 0.15) is 16.1 Å². The number of halogens is 1. The topological polar surface area (TPSA) is 91.9 Å². The van der Waals surface area contributed by atoms with Gasteiger partial charge in [0.2, 0.25) is 0 Å². The van der Waals surface area contributed by atoms with E-state index in [0.717, 1.165) is 34.1 Å². The maximum Gasteiger partial charge on any atom is 0.259 e. The van der Waals surface area contributed by atoms with Crippen LogP contribution in [-0.2, 0) is 9.84 Å². The number of benzene rings is 2. The third kappa shape index (κ3) is 3.78. The van der Waals surface area contributed by atoms with Gasteiger partial charge in [-0.1, -0.05) is 29.8 Å². The number of rotatable bonds is 4. The molecule has 4 rings (SSSR count). The molecule has 148 valence electrons. The Labute approximate surface area is 176 Å². The van der Waals surface area contributed by atoms with Gasteiger partial charge in [0.25, 0.3) is 5.91 Å². The number of amides is 1. The van der Waals surface area contributed by atoms with Crippen LogP contribution in [0.4, 0.5) is 5.13 Å². The van der Waals surface area contributed by atoms with Crippen molar-refractivity contribution in [3.05, 3.63) is 64.1 Å². The number of aryl methyl sites for hydroxylation is 1. The first-order chi connectivity index (χ1) is 13.7. The second kappa shape index (κ2) is 7.29. The largest absolute Gasteiger partial charge is 0.358 e. The van der Waals surface area contributed by atoms with Gasteiger partial charge in [-0.2, -0.15) is 0 Å². The van der Waals surface area contributed by atoms with Crippen LogP contribution in [0.25, 0.3) is 22.2 Å². The molecule has 9 heteroatoms. The number of anilines is 1. The minimum Gasteiger partial charge on any atom is -0.358 e. The third-order valence-electron chi connectivity index (χ3n) is 4.48. The molecule has 0 saturated heterocycles. The Morgan fingerprint density at radius 3 is 2.72 bits per heavy atom. The van der Waals surface area contributed by atoms with Crippen molar-refractivity contribution in [3.63, 3.8) is 0 Å². The lowest BCUT2D eigenvalue weighted by Gasteiger charge is -2.06. The molecule has 6 nitrogen and oxygen atoms in total. The molecular formula is C20H16ClN3O3S2. The number of hydrogen-bond acceptors (Lipinski definition) is 5. The van der Waals surface area contributed by atoms with Gasteiger partial charge in [0.05, 0.1) is 21.2 Å². The SMILES string of the molecule is Cc1[nH]c2ccccc2c1-c1csc(NC(=O)c2cc(S(C)(=O)=O)ccc2Cl)n1. The number of aromatic nitrogens is 2. The van der Waals surface area contributed by atoms with Gasteiger partial charge >= 0.3 is 0 Å². The summed E-state index contributed by atoms with van der Waals surface area (Å²) in [5, 5.41) is 6.19. The molecular weight excluding hydrogens is 430 g/mol. The minimum absolute atomic E-state index is 0.0290. The second-order valence-electron chi connectivity index (χ2n) is 6.58. The fraction of sp³-hybridized carbons (Fsp3) is 0.100. The van der Waals surface area contributed by atoms with Crippen molar-refractivity contribution in [2.45, 2.75) is 11.8 Å². The highest BCUT2D eigenvalue weighted by molar-refractivity contribution is 7.90. The van der Waals surface area contributed by atoms with Crippen LogP contribution in [0.5, 0.6) is 0 Å². The first kappa shape index (κ1) is 19.6. The number of carbonyl (C=O) groups is 1. The van der Waals surface area contributed by atoms with E-state index >= 15 is 0 Å². The van der Waals surface area contributed by atoms with E-state index in [4.69, 9.17) is 11.6 Å². The lowest BCUT2D eigenvalue weighted by molar-refractivity contribution is 0.102. The van der Waals surface area contributed by atoms with Crippen LogP contribution in [0.2, 0.25) is 5.02 Å². The van der Waals surface area contributed by atoms with Gasteiger partial charge in [-0.15, -0.1) is 11.3 Å². The van der Waals surface area contributed by atoms with Gasteiger partial charge in [-0.3, -0.25) is 10.1 Å². The maximum atomic E-state index is 12.7. The van der Waals surface area contributed by atoms with Crippen molar-refractivity contribution < 1.29 is 13.2 Å². The average Bonchev–Trinajstić information content (AvgIpc) is 3.23. The number of H-pyrrole nitrogens is 1. The van der Waals surface area contributed by atoms with Crippen molar-refractivity contribution in [2.24, 2.45) is 0 Å². The molecule has 2 aromatic carbocycles. The predicted molar refractivity (Wildman–Crippen MR) is 117 cm³/mol. The highest BCUT2D eigenvalue weighted by Gasteiger charge is 2.18. The minimum atomic E-state index is -3.45. The Bertz CT molecular complexity index is 1360. The molecule has 0 aliphatic heterocycles. The lowest BCUT2D eigenvalue weighted by Crippen LogP contribution is -2.13. The molecule has 1 amide bonds. The number of nitrogens with one attached hydrogen (secondary N) is 2. The zero-order valence-electron chi connectivity index (χ0n) is 15.5. The van der Waals surface area contributed by atoms with Crippen molar-refractivity contribution in [1.82, 2.24) is 9.97 Å². The molecule has 0 fully saturated rings. The highest BCUT2D eigenvalue weighted by Crippen LogP contribution is 2.34. The maximum absolute atomic E-state index is 12.7. The number of aromatic amines is 1. The van der Waals surface area contributed by atoms with E-state index in [0.29, 0.717) is 5.13 Å². The molecule has 0 saturated carbocycles. The molecule has 2 N–H and O–H groups in total. The van der Waals surface area contributed by atoms with Crippen molar-refractivity contribution in [1.29, 1.82) is 0 Å². The molecule has 29 heavy (non-hydrogen) atoms. The summed E-state index contributed by atoms with van der Waals surface area (Å²) in [6.45, 7) is 1.98. The Morgan fingerprint density at radius 2 is 1.97 bits per heavy atom. The molecule has 2 heterocycles. The molecule has 0 radical (unpaired) electrons. The molecule has 0 spiro atoms. The number of nitrogens with zero attached hydrogens (tertiary/aromatic N) is 1. The van der Waals surface area contributed by atoms with E-state index in [2.05, 4.69) is 15.3 Å². The fourth-order valence-electron chi connectivity index (χ4n) is 3.13. The van der Waals surface area contributed by atoms with Crippen LogP contribution in [-0.4, -0.2) is 30.5 Å². The monoisotopic (exact) mass is 445 g/mol. The van der Waals surface area contributed by atoms with Gasteiger partial charge < -0.3 is 4.98 Å². The van der Waals surface area contributed by atoms with Crippen LogP contribution < -0.4 is 5.32 Å². The Balaban J connectivity index is 1.65. The van der Waals surface area contributed by atoms with E-state index < -0.39 is 15.7 Å². The van der Waals surface area contributed by atoms with E-state index in [-0.39, 0.29) is 15.5 Å². The average molecular weight is 446 g/mol. The Morgan fingerprint density at radius 1 is 1.21 bits per heavy atom. The highest BCUT2D eigenvalue weighted by atomic mass is 35.5. The summed E-state index contributed by atoms with van der Waals surface area (Å²) >= 11 is 7.39. The predicted octanol–water partition coefficient (Wildman–Crippen LogP) is 4.91. The van der Waals surface area contributed by atoms with Gasteiger partial charge in [0, 0.05) is 33.8 Å². The number of fused-ring (bicyclic) bond motifs is 1. The molecule has 2 aromatic heterocycles. The van der Waals surface area contributed by atoms with Crippen molar-refractivity contribution in [3.8, 4) is 11.3 Å². The Kier molecular flexibility index (Phi) is 4.94. The third-order valence-corrected chi connectivity index (χ3v) is 6.68. The van der Waals surface area contributed by atoms with Crippen LogP contribution in [0.15, 0.2) is 52.7 Å². The van der Waals surface area contributed by atoms with Crippen molar-refractivity contribution >= 4 is 54.7 Å². The van der Waals surface area contributed by atoms with Gasteiger partial charge in [0.1, 0.15) is 0 Å². The normalized spacial score (nSPS) is 11.7. The van der Waals surface area contributed by atoms with Crippen LogP contribution in [0, 0.1) is 6.92 Å². The summed E-state index contributed by atoms with van der Waals surface area (Å²) in [5.74, 6) is -0.517. The van der Waals surface area contributed by atoms with E-state index in [9.17, 15) is 13.2 Å². The summed E-state index contributed by atoms with van der Waals surface area (Å²) < 4.78 is 23.5. The standard InChI is InChI=1S/C20H16ClN3O3S2/c1-11-18(13-5-3-4-6-16(13)22-11)17-10-28-20(23-17)24-19(25)14-9-12(29(2,26)27)7-8-15(14)21/h3-10,22H,1-2H3,(H,23,24,25). The molecule has 0 atom stereocenters. The summed E-state index contributed by atoms with van der Waals surface area (Å²) in [5.41, 5.74) is 3.81. The lowest BCUT2D eigenvalue weighted by atomic mass is 10.1. The van der Waals surface area contributed by atoms with E-state index in [1.54, 1.807) is 0 Å². The smallest absolute Gasteiger partial charge is 0.259 e. The van der Waals surface area contributed by atoms with E-state index in [1.807, 2.05) is 36.6 Å². The molecule has 0 bridgehead atoms. The number of sulfone groups is 1. The summed E-state index contributed by atoms with van der Waals surface area (Å²) in [7, 11) is -3.45. The number of para-hydroxylation sites is 1. The van der Waals surface area contributed by atoms with Crippen molar-refractivity contribution in [2.75, 3.05) is 11.6 Å². The quantitative estimate of drug-likeness (QED) is 0.467. The molecule has 0 aliphatic rings. The second-order valence-corrected chi connectivity index (χ2v) is 9.86. The summed E-state index contributed by atoms with van der Waals surface area (Å²) in [6.07, 6.45) is 1.08. The van der Waals surface area contributed by atoms with Gasteiger partial charge in [0.15, 0.2) is 15.0 Å². The number of hydrogen-bond donors (Lipinski definition) is 2.